The first-order valence-electron chi connectivity index (χ1n) is 18.7. The fourth-order valence-corrected chi connectivity index (χ4v) is 7.30. The Kier molecular flexibility index (Phi) is 8.44. The van der Waals surface area contributed by atoms with Crippen molar-refractivity contribution in [2.24, 2.45) is 0 Å². The first kappa shape index (κ1) is 33.6. The van der Waals surface area contributed by atoms with Gasteiger partial charge in [0.15, 0.2) is 17.5 Å². The van der Waals surface area contributed by atoms with Crippen molar-refractivity contribution in [3.05, 3.63) is 194 Å². The van der Waals surface area contributed by atoms with E-state index in [4.69, 9.17) is 19.4 Å². The van der Waals surface area contributed by atoms with Crippen molar-refractivity contribution in [2.75, 3.05) is 0 Å². The molecule has 266 valence electrons. The van der Waals surface area contributed by atoms with Gasteiger partial charge >= 0.3 is 0 Å². The van der Waals surface area contributed by atoms with E-state index in [-0.39, 0.29) is 0 Å². The average molecular weight is 730 g/mol. The summed E-state index contributed by atoms with van der Waals surface area (Å²) in [6.45, 7) is 0. The predicted octanol–water partition coefficient (Wildman–Crippen LogP) is 12.7. The second-order valence-corrected chi connectivity index (χ2v) is 13.9. The van der Waals surface area contributed by atoms with Crippen molar-refractivity contribution in [3.8, 4) is 84.7 Å². The van der Waals surface area contributed by atoms with Crippen LogP contribution in [-0.2, 0) is 0 Å². The molecular formula is C51H31N5O. The van der Waals surface area contributed by atoms with E-state index in [0.29, 0.717) is 28.6 Å². The molecule has 0 bridgehead atoms. The highest BCUT2D eigenvalue weighted by Gasteiger charge is 2.17. The maximum atomic E-state index is 9.49. The van der Waals surface area contributed by atoms with Crippen molar-refractivity contribution < 1.29 is 4.42 Å². The van der Waals surface area contributed by atoms with E-state index in [1.807, 2.05) is 72.9 Å². The number of rotatable bonds is 7. The molecule has 0 spiro atoms. The SMILES string of the molecule is N#Cc1ccc2c(c1)oc1cc(-c3cc(-c4ccc(-c5cccnc5)cc4)cc(-c4nc(-c5ccccc5)nc(-c5ccc(-c6ccccc6)cc5)n4)c3)ccc12. The Balaban J connectivity index is 1.13. The van der Waals surface area contributed by atoms with Crippen LogP contribution in [0.1, 0.15) is 5.56 Å². The summed E-state index contributed by atoms with van der Waals surface area (Å²) in [5.41, 5.74) is 13.1. The molecule has 6 heteroatoms. The number of pyridine rings is 1. The third kappa shape index (κ3) is 6.60. The van der Waals surface area contributed by atoms with Crippen LogP contribution >= 0.6 is 0 Å². The molecule has 0 aliphatic rings. The third-order valence-corrected chi connectivity index (χ3v) is 10.3. The van der Waals surface area contributed by atoms with Crippen molar-refractivity contribution in [1.29, 1.82) is 5.26 Å². The molecule has 0 saturated heterocycles. The van der Waals surface area contributed by atoms with Gasteiger partial charge in [-0.1, -0.05) is 121 Å². The van der Waals surface area contributed by atoms with Gasteiger partial charge in [0.2, 0.25) is 0 Å². The highest BCUT2D eigenvalue weighted by Crippen LogP contribution is 2.37. The molecule has 0 aliphatic carbocycles. The third-order valence-electron chi connectivity index (χ3n) is 10.3. The fourth-order valence-electron chi connectivity index (χ4n) is 7.30. The van der Waals surface area contributed by atoms with Crippen LogP contribution in [0.4, 0.5) is 0 Å². The van der Waals surface area contributed by atoms with Gasteiger partial charge in [-0.3, -0.25) is 4.98 Å². The maximum Gasteiger partial charge on any atom is 0.164 e. The monoisotopic (exact) mass is 729 g/mol. The molecule has 0 fully saturated rings. The van der Waals surface area contributed by atoms with E-state index in [0.717, 1.165) is 77.6 Å². The summed E-state index contributed by atoms with van der Waals surface area (Å²) in [7, 11) is 0. The van der Waals surface area contributed by atoms with Crippen LogP contribution in [-0.4, -0.2) is 19.9 Å². The number of furan rings is 1. The molecule has 0 unspecified atom stereocenters. The van der Waals surface area contributed by atoms with Gasteiger partial charge in [0, 0.05) is 39.9 Å². The van der Waals surface area contributed by atoms with E-state index in [2.05, 4.69) is 114 Å². The van der Waals surface area contributed by atoms with E-state index < -0.39 is 0 Å². The summed E-state index contributed by atoms with van der Waals surface area (Å²) < 4.78 is 6.32. The molecule has 0 saturated carbocycles. The molecule has 6 nitrogen and oxygen atoms in total. The molecule has 0 amide bonds. The second-order valence-electron chi connectivity index (χ2n) is 13.9. The fraction of sp³-hybridized carbons (Fsp3) is 0. The zero-order valence-corrected chi connectivity index (χ0v) is 30.5. The van der Waals surface area contributed by atoms with E-state index >= 15 is 0 Å². The summed E-state index contributed by atoms with van der Waals surface area (Å²) in [4.78, 5) is 19.6. The highest BCUT2D eigenvalue weighted by molar-refractivity contribution is 6.06. The van der Waals surface area contributed by atoms with Crippen LogP contribution in [0.5, 0.6) is 0 Å². The summed E-state index contributed by atoms with van der Waals surface area (Å²) >= 11 is 0. The quantitative estimate of drug-likeness (QED) is 0.162. The Morgan fingerprint density at radius 3 is 1.46 bits per heavy atom. The van der Waals surface area contributed by atoms with Crippen molar-refractivity contribution in [3.63, 3.8) is 0 Å². The lowest BCUT2D eigenvalue weighted by Crippen LogP contribution is -2.00. The molecule has 10 aromatic rings. The molecule has 0 atom stereocenters. The topological polar surface area (TPSA) is 88.5 Å². The molecule has 3 heterocycles. The minimum atomic E-state index is 0.562. The average Bonchev–Trinajstić information content (AvgIpc) is 3.67. The van der Waals surface area contributed by atoms with Gasteiger partial charge in [-0.05, 0) is 99.1 Å². The maximum absolute atomic E-state index is 9.49. The first-order valence-corrected chi connectivity index (χ1v) is 18.7. The number of benzene rings is 7. The molecule has 0 N–H and O–H groups in total. The lowest BCUT2D eigenvalue weighted by molar-refractivity contribution is 0.669. The normalized spacial score (nSPS) is 11.1. The molecule has 0 radical (unpaired) electrons. The Labute approximate surface area is 329 Å². The van der Waals surface area contributed by atoms with E-state index in [1.165, 1.54) is 0 Å². The molecular weight excluding hydrogens is 699 g/mol. The van der Waals surface area contributed by atoms with Gasteiger partial charge in [0.05, 0.1) is 11.6 Å². The highest BCUT2D eigenvalue weighted by atomic mass is 16.3. The molecule has 0 aliphatic heterocycles. The lowest BCUT2D eigenvalue weighted by Gasteiger charge is -2.13. The largest absolute Gasteiger partial charge is 0.456 e. The Hall–Kier alpha value is -8.01. The standard InChI is InChI=1S/C51H31N5O/c52-31-33-13-23-45-46-24-22-40(30-48(46)57-47(45)26-33)43-27-42(37-16-14-36(15-17-37)41-12-7-25-53-32-41)28-44(29-43)51-55-49(38-10-5-2-6-11-38)54-50(56-51)39-20-18-35(19-21-39)34-8-3-1-4-9-34/h1-30,32H. The Bertz CT molecular complexity index is 3100. The van der Waals surface area contributed by atoms with E-state index in [1.54, 1.807) is 12.3 Å². The minimum Gasteiger partial charge on any atom is -0.456 e. The van der Waals surface area contributed by atoms with Crippen LogP contribution in [0.3, 0.4) is 0 Å². The number of aromatic nitrogens is 4. The summed E-state index contributed by atoms with van der Waals surface area (Å²) in [5.74, 6) is 1.75. The van der Waals surface area contributed by atoms with Gasteiger partial charge in [0.1, 0.15) is 11.2 Å². The van der Waals surface area contributed by atoms with Crippen LogP contribution in [0.25, 0.3) is 101 Å². The number of nitriles is 1. The number of hydrogen-bond acceptors (Lipinski definition) is 6. The van der Waals surface area contributed by atoms with Crippen molar-refractivity contribution in [2.45, 2.75) is 0 Å². The lowest BCUT2D eigenvalue weighted by atomic mass is 9.94. The van der Waals surface area contributed by atoms with Gasteiger partial charge in [0.25, 0.3) is 0 Å². The van der Waals surface area contributed by atoms with Crippen molar-refractivity contribution >= 4 is 21.9 Å². The Morgan fingerprint density at radius 2 is 0.825 bits per heavy atom. The van der Waals surface area contributed by atoms with Gasteiger partial charge in [-0.2, -0.15) is 5.26 Å². The van der Waals surface area contributed by atoms with Crippen LogP contribution in [0, 0.1) is 11.3 Å². The van der Waals surface area contributed by atoms with Gasteiger partial charge in [-0.15, -0.1) is 0 Å². The molecule has 57 heavy (non-hydrogen) atoms. The van der Waals surface area contributed by atoms with Gasteiger partial charge in [-0.25, -0.2) is 15.0 Å². The summed E-state index contributed by atoms with van der Waals surface area (Å²) in [5, 5.41) is 11.5. The predicted molar refractivity (Wildman–Crippen MR) is 228 cm³/mol. The zero-order valence-electron chi connectivity index (χ0n) is 30.5. The molecule has 3 aromatic heterocycles. The van der Waals surface area contributed by atoms with Crippen LogP contribution in [0.15, 0.2) is 193 Å². The Morgan fingerprint density at radius 1 is 0.368 bits per heavy atom. The number of nitrogens with zero attached hydrogens (tertiary/aromatic N) is 5. The van der Waals surface area contributed by atoms with E-state index in [9.17, 15) is 5.26 Å². The van der Waals surface area contributed by atoms with Crippen LogP contribution < -0.4 is 0 Å². The van der Waals surface area contributed by atoms with Gasteiger partial charge < -0.3 is 4.42 Å². The van der Waals surface area contributed by atoms with Crippen molar-refractivity contribution in [1.82, 2.24) is 19.9 Å². The second kappa shape index (κ2) is 14.3. The molecule has 7 aromatic carbocycles. The zero-order chi connectivity index (χ0) is 38.1. The number of fused-ring (bicyclic) bond motifs is 3. The minimum absolute atomic E-state index is 0.562. The summed E-state index contributed by atoms with van der Waals surface area (Å²) in [6, 6.07) is 61.8. The smallest absolute Gasteiger partial charge is 0.164 e. The number of hydrogen-bond donors (Lipinski definition) is 0. The summed E-state index contributed by atoms with van der Waals surface area (Å²) in [6.07, 6.45) is 3.66. The van der Waals surface area contributed by atoms with Crippen LogP contribution in [0.2, 0.25) is 0 Å². The first-order chi connectivity index (χ1) is 28.1. The molecule has 10 rings (SSSR count).